The van der Waals surface area contributed by atoms with Crippen molar-refractivity contribution in [3.8, 4) is 11.1 Å². The summed E-state index contributed by atoms with van der Waals surface area (Å²) in [6, 6.07) is 15.6. The van der Waals surface area contributed by atoms with Crippen LogP contribution >= 0.6 is 0 Å². The summed E-state index contributed by atoms with van der Waals surface area (Å²) in [7, 11) is 0. The van der Waals surface area contributed by atoms with Gasteiger partial charge in [0.15, 0.2) is 0 Å². The Bertz CT molecular complexity index is 784. The number of piperidine rings is 1. The third-order valence-corrected chi connectivity index (χ3v) is 5.10. The molecule has 0 saturated carbocycles. The number of amides is 1. The van der Waals surface area contributed by atoms with Gasteiger partial charge in [-0.15, -0.1) is 0 Å². The molecule has 2 aromatic carbocycles. The minimum absolute atomic E-state index is 0.0105. The Morgan fingerprint density at radius 1 is 1.04 bits per heavy atom. The molecule has 1 fully saturated rings. The number of rotatable bonds is 4. The van der Waals surface area contributed by atoms with Crippen molar-refractivity contribution in [2.24, 2.45) is 5.92 Å². The number of anilines is 1. The van der Waals surface area contributed by atoms with Gasteiger partial charge in [-0.3, -0.25) is 9.59 Å². The van der Waals surface area contributed by atoms with Crippen LogP contribution in [0.15, 0.2) is 48.5 Å². The molecule has 1 amide bonds. The molecule has 3 rings (SSSR count). The second-order valence-corrected chi connectivity index (χ2v) is 7.00. The lowest BCUT2D eigenvalue weighted by Gasteiger charge is -2.36. The minimum Gasteiger partial charge on any atom is -0.481 e. The molecule has 3 N–H and O–H groups in total. The van der Waals surface area contributed by atoms with Gasteiger partial charge < -0.3 is 15.7 Å². The fourth-order valence-corrected chi connectivity index (χ4v) is 3.42. The van der Waals surface area contributed by atoms with Crippen LogP contribution in [0.3, 0.4) is 0 Å². The van der Waals surface area contributed by atoms with Crippen molar-refractivity contribution in [2.45, 2.75) is 32.2 Å². The molecule has 26 heavy (non-hydrogen) atoms. The molecule has 5 heteroatoms. The number of benzene rings is 2. The minimum atomic E-state index is -0.817. The average Bonchev–Trinajstić information content (AvgIpc) is 2.63. The summed E-state index contributed by atoms with van der Waals surface area (Å²) in [5.41, 5.74) is 9.52. The number of hydrogen-bond donors (Lipinski definition) is 2. The van der Waals surface area contributed by atoms with E-state index in [9.17, 15) is 14.7 Å². The predicted molar refractivity (Wildman–Crippen MR) is 102 cm³/mol. The van der Waals surface area contributed by atoms with E-state index in [2.05, 4.69) is 0 Å². The summed E-state index contributed by atoms with van der Waals surface area (Å²) in [5.74, 6) is -1.28. The molecule has 1 saturated heterocycles. The van der Waals surface area contributed by atoms with E-state index in [1.807, 2.05) is 55.5 Å². The maximum Gasteiger partial charge on any atom is 0.308 e. The summed E-state index contributed by atoms with van der Waals surface area (Å²) >= 11 is 0. The van der Waals surface area contributed by atoms with E-state index in [1.54, 1.807) is 4.90 Å². The number of carboxylic acids is 1. The van der Waals surface area contributed by atoms with E-state index in [0.717, 1.165) is 28.8 Å². The second kappa shape index (κ2) is 7.60. The highest BCUT2D eigenvalue weighted by molar-refractivity contribution is 5.80. The molecular formula is C21H24N2O3. The zero-order chi connectivity index (χ0) is 18.7. The Morgan fingerprint density at radius 3 is 2.19 bits per heavy atom. The number of carboxylic acid groups (broad SMARTS) is 1. The quantitative estimate of drug-likeness (QED) is 0.828. The van der Waals surface area contributed by atoms with Crippen LogP contribution in [-0.2, 0) is 16.0 Å². The maximum atomic E-state index is 12.7. The van der Waals surface area contributed by atoms with E-state index >= 15 is 0 Å². The molecular weight excluding hydrogens is 328 g/mol. The number of nitrogen functional groups attached to an aromatic ring is 1. The van der Waals surface area contributed by atoms with Crippen LogP contribution in [0.4, 0.5) is 5.69 Å². The maximum absolute atomic E-state index is 12.7. The Hall–Kier alpha value is -2.82. The van der Waals surface area contributed by atoms with Gasteiger partial charge in [-0.05, 0) is 48.6 Å². The Morgan fingerprint density at radius 2 is 1.62 bits per heavy atom. The lowest BCUT2D eigenvalue weighted by atomic mass is 9.93. The monoisotopic (exact) mass is 352 g/mol. The summed E-state index contributed by atoms with van der Waals surface area (Å²) < 4.78 is 0. The van der Waals surface area contributed by atoms with Crippen LogP contribution in [0.5, 0.6) is 0 Å². The van der Waals surface area contributed by atoms with Gasteiger partial charge in [-0.25, -0.2) is 0 Å². The molecule has 2 atom stereocenters. The fourth-order valence-electron chi connectivity index (χ4n) is 3.42. The number of nitrogens with zero attached hydrogens (tertiary/aromatic N) is 1. The van der Waals surface area contributed by atoms with E-state index in [1.165, 1.54) is 0 Å². The predicted octanol–water partition coefficient (Wildman–Crippen LogP) is 3.19. The van der Waals surface area contributed by atoms with Crippen molar-refractivity contribution in [3.63, 3.8) is 0 Å². The van der Waals surface area contributed by atoms with Crippen LogP contribution in [0.1, 0.15) is 25.3 Å². The van der Waals surface area contributed by atoms with Crippen LogP contribution in [0, 0.1) is 5.92 Å². The first kappa shape index (κ1) is 18.0. The van der Waals surface area contributed by atoms with Gasteiger partial charge >= 0.3 is 5.97 Å². The molecule has 0 bridgehead atoms. The fraction of sp³-hybridized carbons (Fsp3) is 0.333. The van der Waals surface area contributed by atoms with Gasteiger partial charge in [0.05, 0.1) is 12.3 Å². The summed E-state index contributed by atoms with van der Waals surface area (Å²) in [6.45, 7) is 2.29. The molecule has 1 heterocycles. The van der Waals surface area contributed by atoms with Crippen LogP contribution in [-0.4, -0.2) is 34.5 Å². The van der Waals surface area contributed by atoms with E-state index in [-0.39, 0.29) is 11.9 Å². The first-order valence-electron chi connectivity index (χ1n) is 8.91. The van der Waals surface area contributed by atoms with Crippen molar-refractivity contribution in [1.29, 1.82) is 0 Å². The average molecular weight is 352 g/mol. The molecule has 0 radical (unpaired) electrons. The van der Waals surface area contributed by atoms with Gasteiger partial charge in [0, 0.05) is 18.3 Å². The molecule has 0 unspecified atom stereocenters. The van der Waals surface area contributed by atoms with Gasteiger partial charge in [0.1, 0.15) is 0 Å². The normalized spacial score (nSPS) is 20.0. The third-order valence-electron chi connectivity index (χ3n) is 5.10. The molecule has 1 aliphatic heterocycles. The highest BCUT2D eigenvalue weighted by Crippen LogP contribution is 2.24. The van der Waals surface area contributed by atoms with Gasteiger partial charge in [0.25, 0.3) is 0 Å². The van der Waals surface area contributed by atoms with Crippen molar-refractivity contribution in [2.75, 3.05) is 12.3 Å². The second-order valence-electron chi connectivity index (χ2n) is 7.00. The standard InChI is InChI=1S/C21H24N2O3/c1-14-2-5-18(21(25)26)13-23(14)20(24)12-15-3-6-16(7-4-15)17-8-10-19(22)11-9-17/h3-4,6-11,14,18H,2,5,12-13,22H2,1H3,(H,25,26)/t14-,18+/m0/s1. The lowest BCUT2D eigenvalue weighted by molar-refractivity contribution is -0.146. The third kappa shape index (κ3) is 4.04. The van der Waals surface area contributed by atoms with Crippen LogP contribution in [0.2, 0.25) is 0 Å². The van der Waals surface area contributed by atoms with Crippen LogP contribution < -0.4 is 5.73 Å². The summed E-state index contributed by atoms with van der Waals surface area (Å²) in [5, 5.41) is 9.22. The smallest absolute Gasteiger partial charge is 0.308 e. The van der Waals surface area contributed by atoms with E-state index < -0.39 is 11.9 Å². The van der Waals surface area contributed by atoms with Gasteiger partial charge in [0.2, 0.25) is 5.91 Å². The molecule has 0 aromatic heterocycles. The summed E-state index contributed by atoms with van der Waals surface area (Å²) in [4.78, 5) is 25.6. The van der Waals surface area contributed by atoms with Crippen LogP contribution in [0.25, 0.3) is 11.1 Å². The van der Waals surface area contributed by atoms with Crippen molar-refractivity contribution >= 4 is 17.6 Å². The Kier molecular flexibility index (Phi) is 5.26. The zero-order valence-corrected chi connectivity index (χ0v) is 14.9. The van der Waals surface area contributed by atoms with E-state index in [4.69, 9.17) is 5.73 Å². The van der Waals surface area contributed by atoms with E-state index in [0.29, 0.717) is 19.4 Å². The Balaban J connectivity index is 1.67. The zero-order valence-electron chi connectivity index (χ0n) is 14.9. The van der Waals surface area contributed by atoms with Crippen molar-refractivity contribution in [1.82, 2.24) is 4.90 Å². The van der Waals surface area contributed by atoms with Crippen molar-refractivity contribution in [3.05, 3.63) is 54.1 Å². The van der Waals surface area contributed by atoms with Gasteiger partial charge in [-0.2, -0.15) is 0 Å². The first-order valence-corrected chi connectivity index (χ1v) is 8.91. The number of carbonyl (C=O) groups is 2. The molecule has 0 aliphatic carbocycles. The number of nitrogens with two attached hydrogens (primary N) is 1. The van der Waals surface area contributed by atoms with Crippen molar-refractivity contribution < 1.29 is 14.7 Å². The highest BCUT2D eigenvalue weighted by Gasteiger charge is 2.32. The summed E-state index contributed by atoms with van der Waals surface area (Å²) in [6.07, 6.45) is 1.66. The largest absolute Gasteiger partial charge is 0.481 e. The Labute approximate surface area is 153 Å². The van der Waals surface area contributed by atoms with Gasteiger partial charge in [-0.1, -0.05) is 36.4 Å². The number of hydrogen-bond acceptors (Lipinski definition) is 3. The number of likely N-dealkylation sites (tertiary alicyclic amines) is 1. The molecule has 0 spiro atoms. The number of aliphatic carboxylic acids is 1. The highest BCUT2D eigenvalue weighted by atomic mass is 16.4. The molecule has 2 aromatic rings. The molecule has 1 aliphatic rings. The SMILES string of the molecule is C[C@H]1CC[C@@H](C(=O)O)CN1C(=O)Cc1ccc(-c2ccc(N)cc2)cc1. The number of carbonyl (C=O) groups excluding carboxylic acids is 1. The molecule has 136 valence electrons. The topological polar surface area (TPSA) is 83.6 Å². The lowest BCUT2D eigenvalue weighted by Crippen LogP contribution is -2.47. The first-order chi connectivity index (χ1) is 12.4. The molecule has 5 nitrogen and oxygen atoms in total.